The van der Waals surface area contributed by atoms with Gasteiger partial charge in [0.1, 0.15) is 16.7 Å². The highest BCUT2D eigenvalue weighted by atomic mass is 19.4. The molecule has 0 saturated carbocycles. The van der Waals surface area contributed by atoms with E-state index in [2.05, 4.69) is 25.2 Å². The first-order valence-corrected chi connectivity index (χ1v) is 14.8. The fourth-order valence-electron chi connectivity index (χ4n) is 5.20. The van der Waals surface area contributed by atoms with Crippen LogP contribution in [0.15, 0.2) is 52.2 Å². The second-order valence-corrected chi connectivity index (χ2v) is 11.1. The summed E-state index contributed by atoms with van der Waals surface area (Å²) in [6, 6.07) is 8.31. The number of piperazine rings is 1. The summed E-state index contributed by atoms with van der Waals surface area (Å²) in [7, 11) is 1.53. The number of alkyl halides is 6. The summed E-state index contributed by atoms with van der Waals surface area (Å²) in [6.45, 7) is 2.09. The number of carbonyl (C=O) groups is 1. The third-order valence-corrected chi connectivity index (χ3v) is 7.82. The lowest BCUT2D eigenvalue weighted by atomic mass is 10.1. The molecule has 5 aromatic rings. The molecule has 0 aliphatic carbocycles. The minimum atomic E-state index is -4.92. The predicted molar refractivity (Wildman–Crippen MR) is 166 cm³/mol. The topological polar surface area (TPSA) is 160 Å². The molecule has 20 heteroatoms. The summed E-state index contributed by atoms with van der Waals surface area (Å²) in [4.78, 5) is 52.9. The summed E-state index contributed by atoms with van der Waals surface area (Å²) in [6.07, 6.45) is -8.20. The fraction of sp³-hybridized carbons (Fsp3) is 0.290. The molecule has 0 spiro atoms. The Morgan fingerprint density at radius 2 is 1.31 bits per heavy atom. The molecule has 0 bridgehead atoms. The van der Waals surface area contributed by atoms with Gasteiger partial charge in [-0.25, -0.2) is 23.7 Å². The van der Waals surface area contributed by atoms with Crippen molar-refractivity contribution in [3.63, 3.8) is 0 Å². The molecule has 270 valence electrons. The molecule has 51 heavy (non-hydrogen) atoms. The Morgan fingerprint density at radius 1 is 0.804 bits per heavy atom. The van der Waals surface area contributed by atoms with Gasteiger partial charge in [0.2, 0.25) is 11.4 Å². The van der Waals surface area contributed by atoms with Gasteiger partial charge in [0.25, 0.3) is 17.0 Å². The Labute approximate surface area is 280 Å². The van der Waals surface area contributed by atoms with Gasteiger partial charge in [0.05, 0.1) is 29.5 Å². The minimum absolute atomic E-state index is 0.139. The van der Waals surface area contributed by atoms with Crippen LogP contribution in [-0.2, 0) is 25.5 Å². The monoisotopic (exact) mass is 726 g/mol. The van der Waals surface area contributed by atoms with Crippen LogP contribution in [0.1, 0.15) is 33.0 Å². The lowest BCUT2D eigenvalue weighted by Crippen LogP contribution is -2.46. The summed E-state index contributed by atoms with van der Waals surface area (Å²) in [5.74, 6) is -2.05. The van der Waals surface area contributed by atoms with Crippen LogP contribution >= 0.6 is 0 Å². The molecule has 4 N–H and O–H groups in total. The van der Waals surface area contributed by atoms with Crippen molar-refractivity contribution in [3.8, 4) is 0 Å². The number of hydrogen-bond acceptors (Lipinski definition) is 9. The molecule has 1 saturated heterocycles. The van der Waals surface area contributed by atoms with Crippen LogP contribution in [0.4, 0.5) is 40.8 Å². The number of aromatic nitrogens is 5. The third kappa shape index (κ3) is 7.96. The molecule has 2 aromatic carbocycles. The van der Waals surface area contributed by atoms with E-state index in [-0.39, 0.29) is 40.1 Å². The van der Waals surface area contributed by atoms with Gasteiger partial charge >= 0.3 is 12.4 Å². The predicted octanol–water partition coefficient (Wildman–Crippen LogP) is 3.73. The molecule has 3 aromatic heterocycles. The molecule has 6 rings (SSSR count). The number of carbonyl (C=O) groups excluding carboxylic acids is 1. The number of pyridine rings is 1. The zero-order valence-corrected chi connectivity index (χ0v) is 26.2. The van der Waals surface area contributed by atoms with Crippen LogP contribution in [0.2, 0.25) is 0 Å². The normalized spacial score (nSPS) is 14.0. The van der Waals surface area contributed by atoms with Gasteiger partial charge in [-0.15, -0.1) is 0 Å². The van der Waals surface area contributed by atoms with Gasteiger partial charge < -0.3 is 25.3 Å². The average Bonchev–Trinajstić information content (AvgIpc) is 3.09. The van der Waals surface area contributed by atoms with Crippen LogP contribution in [0.5, 0.6) is 0 Å². The lowest BCUT2D eigenvalue weighted by molar-refractivity contribution is -0.142. The van der Waals surface area contributed by atoms with Gasteiger partial charge in [-0.3, -0.25) is 19.3 Å². The highest BCUT2D eigenvalue weighted by Crippen LogP contribution is 2.28. The van der Waals surface area contributed by atoms with E-state index in [1.54, 1.807) is 17.2 Å². The van der Waals surface area contributed by atoms with Crippen LogP contribution in [-0.4, -0.2) is 74.1 Å². The molecule has 1 aliphatic heterocycles. The number of halogens is 8. The Bertz CT molecular complexity index is 2200. The first kappa shape index (κ1) is 36.8. The Balaban J connectivity index is 0.000000236. The number of anilines is 1. The van der Waals surface area contributed by atoms with E-state index < -0.39 is 58.6 Å². The van der Waals surface area contributed by atoms with E-state index in [0.29, 0.717) is 31.9 Å². The van der Waals surface area contributed by atoms with Gasteiger partial charge in [-0.2, -0.15) is 26.3 Å². The van der Waals surface area contributed by atoms with E-state index >= 15 is 0 Å². The maximum absolute atomic E-state index is 14.9. The molecular weight excluding hydrogens is 700 g/mol. The number of aliphatic hydroxyl groups is 1. The zero-order chi connectivity index (χ0) is 37.2. The molecule has 1 amide bonds. The molecule has 12 nitrogen and oxygen atoms in total. The Kier molecular flexibility index (Phi) is 10.4. The van der Waals surface area contributed by atoms with Crippen molar-refractivity contribution in [2.24, 2.45) is 0 Å². The van der Waals surface area contributed by atoms with Gasteiger partial charge in [-0.05, 0) is 24.3 Å². The standard InChI is InChI=1S/C21H20F4N6O2.C10H6F4N2O2/c1-26-19(32)15-5-3-13(10-27-15)31-8-6-30(7-9-31)11-12-2-4-14-17(16(12)22)29-20(33)18(28-14)21(23,24)25;11-6-4(3-17)1-2-5-7(6)16-9(18)8(15-5)10(12,13)14/h2-5,10H,6-9,11H2,1H3,(H,26,32)(H,29,33);1-2,17H,3H2,(H,16,18). The second kappa shape index (κ2) is 14.4. The second-order valence-electron chi connectivity index (χ2n) is 11.1. The van der Waals surface area contributed by atoms with E-state index in [1.807, 2.05) is 16.0 Å². The first-order valence-electron chi connectivity index (χ1n) is 14.8. The van der Waals surface area contributed by atoms with Gasteiger partial charge in [0, 0.05) is 50.9 Å². The molecule has 1 fully saturated rings. The van der Waals surface area contributed by atoms with Crippen LogP contribution in [0.25, 0.3) is 22.1 Å². The summed E-state index contributed by atoms with van der Waals surface area (Å²) < 4.78 is 104. The van der Waals surface area contributed by atoms with Crippen molar-refractivity contribution in [1.82, 2.24) is 35.1 Å². The number of aromatic amines is 2. The van der Waals surface area contributed by atoms with Crippen molar-refractivity contribution < 1.29 is 45.0 Å². The number of amides is 1. The summed E-state index contributed by atoms with van der Waals surface area (Å²) in [5, 5.41) is 11.3. The SMILES string of the molecule is CNC(=O)c1ccc(N2CCN(Cc3ccc4nc(C(F)(F)F)c(=O)[nH]c4c3F)CC2)cn1.O=c1[nH]c2c(F)c(CO)ccc2nc1C(F)(F)F. The molecule has 0 unspecified atom stereocenters. The first-order chi connectivity index (χ1) is 24.0. The Hall–Kier alpha value is -5.50. The fourth-order valence-corrected chi connectivity index (χ4v) is 5.20. The molecular formula is C31H26F8N8O4. The average molecular weight is 727 g/mol. The zero-order valence-electron chi connectivity index (χ0n) is 26.2. The number of fused-ring (bicyclic) bond motifs is 2. The minimum Gasteiger partial charge on any atom is -0.392 e. The number of rotatable bonds is 5. The van der Waals surface area contributed by atoms with E-state index in [0.717, 1.165) is 17.8 Å². The number of nitrogens with zero attached hydrogens (tertiary/aromatic N) is 5. The molecule has 0 radical (unpaired) electrons. The largest absolute Gasteiger partial charge is 0.438 e. The molecule has 4 heterocycles. The number of H-pyrrole nitrogens is 2. The Morgan fingerprint density at radius 3 is 1.76 bits per heavy atom. The van der Waals surface area contributed by atoms with E-state index in [1.165, 1.54) is 19.2 Å². The van der Waals surface area contributed by atoms with E-state index in [9.17, 15) is 49.5 Å². The smallest absolute Gasteiger partial charge is 0.392 e. The highest BCUT2D eigenvalue weighted by molar-refractivity contribution is 5.92. The maximum Gasteiger partial charge on any atom is 0.438 e. The van der Waals surface area contributed by atoms with Crippen molar-refractivity contribution in [1.29, 1.82) is 0 Å². The van der Waals surface area contributed by atoms with Crippen molar-refractivity contribution in [2.75, 3.05) is 38.1 Å². The maximum atomic E-state index is 14.9. The van der Waals surface area contributed by atoms with Crippen molar-refractivity contribution in [2.45, 2.75) is 25.5 Å². The lowest BCUT2D eigenvalue weighted by Gasteiger charge is -2.36. The van der Waals surface area contributed by atoms with Crippen molar-refractivity contribution in [3.05, 3.63) is 103 Å². The highest BCUT2D eigenvalue weighted by Gasteiger charge is 2.37. The quantitative estimate of drug-likeness (QED) is 0.198. The summed E-state index contributed by atoms with van der Waals surface area (Å²) in [5.41, 5.74) is -6.33. The van der Waals surface area contributed by atoms with Crippen LogP contribution < -0.4 is 21.3 Å². The number of hydrogen-bond donors (Lipinski definition) is 4. The molecule has 0 atom stereocenters. The van der Waals surface area contributed by atoms with Crippen LogP contribution in [0, 0.1) is 11.6 Å². The summed E-state index contributed by atoms with van der Waals surface area (Å²) >= 11 is 0. The van der Waals surface area contributed by atoms with Gasteiger partial charge in [0.15, 0.2) is 11.6 Å². The van der Waals surface area contributed by atoms with E-state index in [4.69, 9.17) is 5.11 Å². The van der Waals surface area contributed by atoms with Crippen LogP contribution in [0.3, 0.4) is 0 Å². The number of nitrogens with one attached hydrogen (secondary N) is 3. The number of benzene rings is 2. The van der Waals surface area contributed by atoms with Gasteiger partial charge in [-0.1, -0.05) is 12.1 Å². The third-order valence-electron chi connectivity index (χ3n) is 7.82. The number of aliphatic hydroxyl groups excluding tert-OH is 1. The van der Waals surface area contributed by atoms with Crippen molar-refractivity contribution >= 4 is 33.7 Å². The molecule has 1 aliphatic rings.